The molecule has 1 saturated carbocycles. The molecule has 1 aliphatic carbocycles. The quantitative estimate of drug-likeness (QED) is 0.867. The normalized spacial score (nSPS) is 21.9. The highest BCUT2D eigenvalue weighted by Gasteiger charge is 2.41. The predicted octanol–water partition coefficient (Wildman–Crippen LogP) is 2.48. The minimum atomic E-state index is -2.89. The zero-order valence-corrected chi connectivity index (χ0v) is 13.4. The molecule has 1 aliphatic heterocycles. The maximum absolute atomic E-state index is 12.4. The summed E-state index contributed by atoms with van der Waals surface area (Å²) >= 11 is 0. The molecule has 1 saturated heterocycles. The Morgan fingerprint density at radius 2 is 2.12 bits per heavy atom. The third-order valence-corrected chi connectivity index (χ3v) is 4.46. The van der Waals surface area contributed by atoms with Crippen LogP contribution in [0.25, 0.3) is 0 Å². The zero-order valence-electron chi connectivity index (χ0n) is 13.4. The van der Waals surface area contributed by atoms with Gasteiger partial charge in [-0.2, -0.15) is 8.78 Å². The molecule has 0 bridgehead atoms. The van der Waals surface area contributed by atoms with E-state index >= 15 is 0 Å². The largest absolute Gasteiger partial charge is 0.435 e. The van der Waals surface area contributed by atoms with Gasteiger partial charge in [0.05, 0.1) is 12.0 Å². The summed E-state index contributed by atoms with van der Waals surface area (Å²) < 4.78 is 28.9. The molecule has 24 heavy (non-hydrogen) atoms. The van der Waals surface area contributed by atoms with Crippen molar-refractivity contribution in [2.45, 2.75) is 44.9 Å². The second-order valence-electron chi connectivity index (χ2n) is 6.36. The minimum absolute atomic E-state index is 0.0395. The minimum Gasteiger partial charge on any atom is -0.435 e. The molecule has 2 atom stereocenters. The van der Waals surface area contributed by atoms with E-state index in [1.165, 1.54) is 12.1 Å². The van der Waals surface area contributed by atoms with Crippen LogP contribution >= 0.6 is 0 Å². The number of nitrogens with zero attached hydrogens (tertiary/aromatic N) is 1. The van der Waals surface area contributed by atoms with Crippen LogP contribution in [0, 0.1) is 5.92 Å². The van der Waals surface area contributed by atoms with Gasteiger partial charge in [0, 0.05) is 19.0 Å². The van der Waals surface area contributed by atoms with Gasteiger partial charge in [-0.25, -0.2) is 0 Å². The summed E-state index contributed by atoms with van der Waals surface area (Å²) in [6.07, 6.45) is 2.28. The van der Waals surface area contributed by atoms with Crippen molar-refractivity contribution >= 4 is 11.8 Å². The number of hydrogen-bond donors (Lipinski definition) is 1. The van der Waals surface area contributed by atoms with E-state index in [1.807, 2.05) is 0 Å². The number of nitrogens with one attached hydrogen (secondary N) is 1. The number of rotatable bonds is 6. The number of hydrogen-bond acceptors (Lipinski definition) is 3. The highest BCUT2D eigenvalue weighted by atomic mass is 19.3. The van der Waals surface area contributed by atoms with E-state index in [-0.39, 0.29) is 35.9 Å². The van der Waals surface area contributed by atoms with Crippen molar-refractivity contribution < 1.29 is 23.1 Å². The molecule has 0 aromatic heterocycles. The van der Waals surface area contributed by atoms with Gasteiger partial charge in [0.2, 0.25) is 11.8 Å². The first-order valence-electron chi connectivity index (χ1n) is 8.08. The number of ether oxygens (including phenoxy) is 1. The number of likely N-dealkylation sites (tertiary alicyclic amines) is 1. The molecule has 7 heteroatoms. The first kappa shape index (κ1) is 16.7. The number of halogens is 2. The fraction of sp³-hybridized carbons (Fsp3) is 0.529. The molecule has 2 fully saturated rings. The molecule has 0 unspecified atom stereocenters. The van der Waals surface area contributed by atoms with Gasteiger partial charge < -0.3 is 15.0 Å². The van der Waals surface area contributed by atoms with Crippen molar-refractivity contribution in [3.63, 3.8) is 0 Å². The third-order valence-electron chi connectivity index (χ3n) is 4.46. The fourth-order valence-corrected chi connectivity index (χ4v) is 3.02. The van der Waals surface area contributed by atoms with Crippen LogP contribution in [-0.2, 0) is 9.59 Å². The monoisotopic (exact) mass is 338 g/mol. The lowest BCUT2D eigenvalue weighted by Gasteiger charge is -2.19. The average molecular weight is 338 g/mol. The van der Waals surface area contributed by atoms with Crippen LogP contribution in [0.5, 0.6) is 5.75 Å². The van der Waals surface area contributed by atoms with Crippen molar-refractivity contribution in [1.82, 2.24) is 10.2 Å². The van der Waals surface area contributed by atoms with Gasteiger partial charge in [-0.3, -0.25) is 9.59 Å². The topological polar surface area (TPSA) is 58.6 Å². The van der Waals surface area contributed by atoms with E-state index in [0.717, 1.165) is 12.8 Å². The molecule has 0 spiro atoms. The van der Waals surface area contributed by atoms with Gasteiger partial charge in [0.15, 0.2) is 0 Å². The number of carbonyl (C=O) groups excluding carboxylic acids is 2. The van der Waals surface area contributed by atoms with E-state index in [1.54, 1.807) is 24.0 Å². The summed E-state index contributed by atoms with van der Waals surface area (Å²) in [5, 5.41) is 2.86. The summed E-state index contributed by atoms with van der Waals surface area (Å²) in [4.78, 5) is 26.1. The van der Waals surface area contributed by atoms with Crippen LogP contribution in [0.4, 0.5) is 8.78 Å². The highest BCUT2D eigenvalue weighted by molar-refractivity contribution is 5.89. The Morgan fingerprint density at radius 3 is 2.79 bits per heavy atom. The van der Waals surface area contributed by atoms with Crippen LogP contribution in [0.1, 0.15) is 37.8 Å². The average Bonchev–Trinajstić information content (AvgIpc) is 3.29. The molecule has 1 aromatic rings. The SMILES string of the molecule is C[C@@H](NC(=O)[C@H]1CC(=O)N(C2CC2)C1)c1cccc(OC(F)F)c1. The summed E-state index contributed by atoms with van der Waals surface area (Å²) in [6, 6.07) is 6.21. The lowest BCUT2D eigenvalue weighted by atomic mass is 10.0. The Morgan fingerprint density at radius 1 is 1.38 bits per heavy atom. The predicted molar refractivity (Wildman–Crippen MR) is 82.5 cm³/mol. The van der Waals surface area contributed by atoms with E-state index in [2.05, 4.69) is 10.1 Å². The highest BCUT2D eigenvalue weighted by Crippen LogP contribution is 2.33. The number of carbonyl (C=O) groups is 2. The zero-order chi connectivity index (χ0) is 17.3. The lowest BCUT2D eigenvalue weighted by Crippen LogP contribution is -2.35. The van der Waals surface area contributed by atoms with Crippen molar-refractivity contribution in [2.24, 2.45) is 5.92 Å². The number of alkyl halides is 2. The Labute approximate surface area is 139 Å². The van der Waals surface area contributed by atoms with Crippen molar-refractivity contribution in [1.29, 1.82) is 0 Å². The molecule has 1 aromatic carbocycles. The van der Waals surface area contributed by atoms with E-state index < -0.39 is 6.61 Å². The van der Waals surface area contributed by atoms with E-state index in [9.17, 15) is 18.4 Å². The molecule has 3 rings (SSSR count). The summed E-state index contributed by atoms with van der Waals surface area (Å²) in [7, 11) is 0. The van der Waals surface area contributed by atoms with E-state index in [4.69, 9.17) is 0 Å². The molecule has 0 radical (unpaired) electrons. The summed E-state index contributed by atoms with van der Waals surface area (Å²) in [5.74, 6) is -0.433. The van der Waals surface area contributed by atoms with Gasteiger partial charge in [-0.1, -0.05) is 12.1 Å². The van der Waals surface area contributed by atoms with Gasteiger partial charge in [0.1, 0.15) is 5.75 Å². The Bertz CT molecular complexity index is 634. The van der Waals surface area contributed by atoms with Crippen LogP contribution in [0.15, 0.2) is 24.3 Å². The van der Waals surface area contributed by atoms with Gasteiger partial charge >= 0.3 is 6.61 Å². The van der Waals surface area contributed by atoms with Crippen LogP contribution < -0.4 is 10.1 Å². The maximum Gasteiger partial charge on any atom is 0.387 e. The molecule has 130 valence electrons. The van der Waals surface area contributed by atoms with Gasteiger partial charge in [0.25, 0.3) is 0 Å². The van der Waals surface area contributed by atoms with Gasteiger partial charge in [-0.15, -0.1) is 0 Å². The van der Waals surface area contributed by atoms with Crippen LogP contribution in [0.3, 0.4) is 0 Å². The first-order valence-corrected chi connectivity index (χ1v) is 8.08. The number of benzene rings is 1. The van der Waals surface area contributed by atoms with Crippen molar-refractivity contribution in [2.75, 3.05) is 6.54 Å². The number of amides is 2. The van der Waals surface area contributed by atoms with E-state index in [0.29, 0.717) is 18.2 Å². The molecule has 1 N–H and O–H groups in total. The van der Waals surface area contributed by atoms with Crippen LogP contribution in [-0.4, -0.2) is 35.9 Å². The Kier molecular flexibility index (Phi) is 4.69. The second kappa shape index (κ2) is 6.75. The molecule has 2 aliphatic rings. The molecule has 5 nitrogen and oxygen atoms in total. The van der Waals surface area contributed by atoms with Gasteiger partial charge in [-0.05, 0) is 37.5 Å². The first-order chi connectivity index (χ1) is 11.4. The summed E-state index contributed by atoms with van der Waals surface area (Å²) in [5.41, 5.74) is 0.671. The van der Waals surface area contributed by atoms with Crippen molar-refractivity contribution in [3.8, 4) is 5.75 Å². The van der Waals surface area contributed by atoms with Crippen LogP contribution in [0.2, 0.25) is 0 Å². The Hall–Kier alpha value is -2.18. The Balaban J connectivity index is 1.59. The third kappa shape index (κ3) is 3.83. The smallest absolute Gasteiger partial charge is 0.387 e. The fourth-order valence-electron chi connectivity index (χ4n) is 3.02. The molecule has 2 amide bonds. The molecular formula is C17H20F2N2O3. The molecular weight excluding hydrogens is 318 g/mol. The lowest BCUT2D eigenvalue weighted by molar-refractivity contribution is -0.129. The maximum atomic E-state index is 12.4. The second-order valence-corrected chi connectivity index (χ2v) is 6.36. The standard InChI is InChI=1S/C17H20F2N2O3/c1-10(11-3-2-4-14(7-11)24-17(18)19)20-16(23)12-8-15(22)21(9-12)13-5-6-13/h2-4,7,10,12-13,17H,5-6,8-9H2,1H3,(H,20,23)/t10-,12+/m1/s1. The van der Waals surface area contributed by atoms with Crippen molar-refractivity contribution in [3.05, 3.63) is 29.8 Å². The molecule has 1 heterocycles. The summed E-state index contributed by atoms with van der Waals surface area (Å²) in [6.45, 7) is -0.645.